The van der Waals surface area contributed by atoms with E-state index in [9.17, 15) is 19.7 Å². The van der Waals surface area contributed by atoms with Crippen LogP contribution < -0.4 is 0 Å². The zero-order valence-electron chi connectivity index (χ0n) is 15.3. The summed E-state index contributed by atoms with van der Waals surface area (Å²) in [5.41, 5.74) is 1.01. The molecule has 1 saturated carbocycles. The first-order valence-electron chi connectivity index (χ1n) is 9.57. The number of fused-ring (bicyclic) bond motifs is 1. The monoisotopic (exact) mass is 371 g/mol. The number of phenols is 1. The van der Waals surface area contributed by atoms with Gasteiger partial charge in [0.05, 0.1) is 11.7 Å². The molecule has 0 radical (unpaired) electrons. The molecule has 1 saturated heterocycles. The van der Waals surface area contributed by atoms with Crippen molar-refractivity contribution in [1.82, 2.24) is 4.90 Å². The molecule has 4 rings (SSSR count). The van der Waals surface area contributed by atoms with Crippen LogP contribution in [0.4, 0.5) is 4.39 Å². The van der Waals surface area contributed by atoms with Gasteiger partial charge in [-0.1, -0.05) is 36.4 Å². The maximum atomic E-state index is 13.5. The van der Waals surface area contributed by atoms with E-state index in [1.165, 1.54) is 17.7 Å². The summed E-state index contributed by atoms with van der Waals surface area (Å²) in [4.78, 5) is 2.20. The fourth-order valence-corrected chi connectivity index (χ4v) is 4.91. The number of β-amino-alcohol motifs (C(OH)–C–C–N with tert-alkyl or cyclic N) is 1. The standard InChI is InChI=1S/C22H26FNO3/c23-19-8-16(6-7-20(19)25)21(26)14-24-12-17-10-22(27,11-18(17)13-24)9-15-4-2-1-3-5-15/h1-8,17-18,21,25-27H,9-14H2/t17-,18-,21-/m1/s1. The van der Waals surface area contributed by atoms with E-state index in [4.69, 9.17) is 0 Å². The summed E-state index contributed by atoms with van der Waals surface area (Å²) in [6.07, 6.45) is 1.47. The second-order valence-electron chi connectivity index (χ2n) is 8.26. The van der Waals surface area contributed by atoms with E-state index in [2.05, 4.69) is 17.0 Å². The van der Waals surface area contributed by atoms with Gasteiger partial charge < -0.3 is 15.3 Å². The third-order valence-electron chi connectivity index (χ3n) is 6.10. The molecule has 1 aliphatic heterocycles. The molecule has 1 aliphatic carbocycles. The first-order valence-corrected chi connectivity index (χ1v) is 9.57. The van der Waals surface area contributed by atoms with E-state index >= 15 is 0 Å². The highest BCUT2D eigenvalue weighted by molar-refractivity contribution is 5.29. The van der Waals surface area contributed by atoms with E-state index in [1.54, 1.807) is 6.07 Å². The Morgan fingerprint density at radius 1 is 1.07 bits per heavy atom. The molecule has 3 N–H and O–H groups in total. The van der Waals surface area contributed by atoms with Crippen molar-refractivity contribution >= 4 is 0 Å². The number of hydrogen-bond donors (Lipinski definition) is 3. The second kappa shape index (κ2) is 7.23. The SMILES string of the molecule is Oc1ccc([C@H](O)CN2C[C@H]3CC(O)(Cc4ccccc4)C[C@@H]3C2)cc1F. The molecule has 0 bridgehead atoms. The van der Waals surface area contributed by atoms with Crippen molar-refractivity contribution in [3.63, 3.8) is 0 Å². The maximum absolute atomic E-state index is 13.5. The van der Waals surface area contributed by atoms with E-state index in [1.807, 2.05) is 18.2 Å². The number of halogens is 1. The molecule has 144 valence electrons. The summed E-state index contributed by atoms with van der Waals surface area (Å²) in [5, 5.41) is 30.7. The van der Waals surface area contributed by atoms with Crippen molar-refractivity contribution in [3.8, 4) is 5.75 Å². The Balaban J connectivity index is 1.33. The van der Waals surface area contributed by atoms with Gasteiger partial charge in [0, 0.05) is 26.1 Å². The van der Waals surface area contributed by atoms with E-state index in [0.29, 0.717) is 30.4 Å². The Hall–Kier alpha value is -1.95. The Kier molecular flexibility index (Phi) is 4.93. The molecule has 0 unspecified atom stereocenters. The lowest BCUT2D eigenvalue weighted by molar-refractivity contribution is 0.0328. The fourth-order valence-electron chi connectivity index (χ4n) is 4.91. The van der Waals surface area contributed by atoms with Gasteiger partial charge >= 0.3 is 0 Å². The zero-order valence-corrected chi connectivity index (χ0v) is 15.3. The Bertz CT molecular complexity index is 783. The van der Waals surface area contributed by atoms with Gasteiger partial charge in [0.15, 0.2) is 11.6 Å². The molecule has 3 atom stereocenters. The predicted molar refractivity (Wildman–Crippen MR) is 101 cm³/mol. The van der Waals surface area contributed by atoms with Gasteiger partial charge in [-0.15, -0.1) is 0 Å². The lowest BCUT2D eigenvalue weighted by Crippen LogP contribution is -2.33. The molecule has 2 aromatic carbocycles. The smallest absolute Gasteiger partial charge is 0.165 e. The van der Waals surface area contributed by atoms with E-state index in [0.717, 1.165) is 25.9 Å². The van der Waals surface area contributed by atoms with Gasteiger partial charge in [-0.25, -0.2) is 4.39 Å². The van der Waals surface area contributed by atoms with Crippen molar-refractivity contribution in [1.29, 1.82) is 0 Å². The van der Waals surface area contributed by atoms with E-state index < -0.39 is 23.3 Å². The molecule has 2 aliphatic rings. The molecule has 1 heterocycles. The first-order chi connectivity index (χ1) is 12.9. The molecule has 2 aromatic rings. The summed E-state index contributed by atoms with van der Waals surface area (Å²) < 4.78 is 13.5. The quantitative estimate of drug-likeness (QED) is 0.756. The number of phenolic OH excluding ortho intramolecular Hbond substituents is 1. The number of aromatic hydroxyl groups is 1. The average molecular weight is 371 g/mol. The number of benzene rings is 2. The minimum absolute atomic E-state index is 0.403. The van der Waals surface area contributed by atoms with Crippen molar-refractivity contribution in [2.45, 2.75) is 31.0 Å². The minimum Gasteiger partial charge on any atom is -0.505 e. The van der Waals surface area contributed by atoms with Crippen molar-refractivity contribution < 1.29 is 19.7 Å². The number of aliphatic hydroxyl groups excluding tert-OH is 1. The summed E-state index contributed by atoms with van der Waals surface area (Å²) >= 11 is 0. The van der Waals surface area contributed by atoms with Gasteiger partial charge in [-0.05, 0) is 47.9 Å². The second-order valence-corrected chi connectivity index (χ2v) is 8.26. The van der Waals surface area contributed by atoms with E-state index in [-0.39, 0.29) is 0 Å². The summed E-state index contributed by atoms with van der Waals surface area (Å²) in [6, 6.07) is 14.1. The lowest BCUT2D eigenvalue weighted by atomic mass is 9.91. The zero-order chi connectivity index (χ0) is 19.0. The molecule has 4 nitrogen and oxygen atoms in total. The summed E-state index contributed by atoms with van der Waals surface area (Å²) in [6.45, 7) is 2.13. The third-order valence-corrected chi connectivity index (χ3v) is 6.10. The number of rotatable bonds is 5. The largest absolute Gasteiger partial charge is 0.505 e. The van der Waals surface area contributed by atoms with Gasteiger partial charge in [-0.2, -0.15) is 0 Å². The van der Waals surface area contributed by atoms with Crippen molar-refractivity contribution in [3.05, 3.63) is 65.5 Å². The van der Waals surface area contributed by atoms with Gasteiger partial charge in [-0.3, -0.25) is 4.90 Å². The Labute approximate surface area is 158 Å². The molecule has 0 amide bonds. The van der Waals surface area contributed by atoms with Crippen LogP contribution in [0.3, 0.4) is 0 Å². The molecule has 27 heavy (non-hydrogen) atoms. The number of likely N-dealkylation sites (tertiary alicyclic amines) is 1. The van der Waals surface area contributed by atoms with Crippen molar-refractivity contribution in [2.24, 2.45) is 11.8 Å². The molecule has 0 spiro atoms. The van der Waals surface area contributed by atoms with Crippen LogP contribution in [0.15, 0.2) is 48.5 Å². The maximum Gasteiger partial charge on any atom is 0.165 e. The van der Waals surface area contributed by atoms with Gasteiger partial charge in [0.1, 0.15) is 0 Å². The third kappa shape index (κ3) is 4.00. The topological polar surface area (TPSA) is 63.9 Å². The summed E-state index contributed by atoms with van der Waals surface area (Å²) in [5.74, 6) is -0.250. The molecule has 2 fully saturated rings. The Morgan fingerprint density at radius 3 is 2.37 bits per heavy atom. The van der Waals surface area contributed by atoms with Gasteiger partial charge in [0.2, 0.25) is 0 Å². The molecular weight excluding hydrogens is 345 g/mol. The van der Waals surface area contributed by atoms with Crippen LogP contribution in [0, 0.1) is 17.7 Å². The van der Waals surface area contributed by atoms with Crippen LogP contribution in [0.1, 0.15) is 30.1 Å². The predicted octanol–water partition coefficient (Wildman–Crippen LogP) is 2.88. The van der Waals surface area contributed by atoms with Crippen LogP contribution in [0.2, 0.25) is 0 Å². The van der Waals surface area contributed by atoms with Crippen LogP contribution in [0.5, 0.6) is 5.75 Å². The lowest BCUT2D eigenvalue weighted by Gasteiger charge is -2.27. The van der Waals surface area contributed by atoms with Crippen molar-refractivity contribution in [2.75, 3.05) is 19.6 Å². The number of hydrogen-bond acceptors (Lipinski definition) is 4. The van der Waals surface area contributed by atoms with Crippen LogP contribution in [-0.4, -0.2) is 45.5 Å². The summed E-state index contributed by atoms with van der Waals surface area (Å²) in [7, 11) is 0. The normalized spacial score (nSPS) is 25.4. The highest BCUT2D eigenvalue weighted by atomic mass is 19.1. The Morgan fingerprint density at radius 2 is 1.74 bits per heavy atom. The average Bonchev–Trinajstić information content (AvgIpc) is 3.11. The highest BCUT2D eigenvalue weighted by Gasteiger charge is 2.48. The van der Waals surface area contributed by atoms with Crippen LogP contribution in [0.25, 0.3) is 0 Å². The number of nitrogens with zero attached hydrogens (tertiary/aromatic N) is 1. The highest BCUT2D eigenvalue weighted by Crippen LogP contribution is 2.45. The first kappa shape index (κ1) is 18.4. The minimum atomic E-state index is -0.790. The molecule has 0 aromatic heterocycles. The molecule has 5 heteroatoms. The van der Waals surface area contributed by atoms with Crippen LogP contribution >= 0.6 is 0 Å². The molecular formula is C22H26FNO3. The number of aliphatic hydroxyl groups is 2. The van der Waals surface area contributed by atoms with Gasteiger partial charge in [0.25, 0.3) is 0 Å². The van der Waals surface area contributed by atoms with Crippen LogP contribution in [-0.2, 0) is 6.42 Å². The fraction of sp³-hybridized carbons (Fsp3) is 0.455.